The molecular weight excluding hydrogens is 254 g/mol. The molecule has 1 aliphatic heterocycles. The van der Waals surface area contributed by atoms with E-state index in [-0.39, 0.29) is 0 Å². The molecule has 2 nitrogen and oxygen atoms in total. The van der Waals surface area contributed by atoms with Crippen molar-refractivity contribution in [1.82, 2.24) is 0 Å². The van der Waals surface area contributed by atoms with Gasteiger partial charge in [0.05, 0.1) is 0 Å². The lowest BCUT2D eigenvalue weighted by atomic mass is 10.1. The molecule has 1 aromatic carbocycles. The van der Waals surface area contributed by atoms with Gasteiger partial charge < -0.3 is 10.0 Å². The number of aliphatic hydroxyl groups excluding tert-OH is 1. The third-order valence-electron chi connectivity index (χ3n) is 2.94. The van der Waals surface area contributed by atoms with E-state index in [2.05, 4.69) is 46.0 Å². The molecule has 1 saturated heterocycles. The van der Waals surface area contributed by atoms with Gasteiger partial charge in [0.15, 0.2) is 0 Å². The van der Waals surface area contributed by atoms with Crippen LogP contribution in [0.4, 0.5) is 5.69 Å². The fraction of sp³-hybridized carbons (Fsp3) is 0.500. The molecule has 0 amide bonds. The van der Waals surface area contributed by atoms with E-state index in [0.29, 0.717) is 12.5 Å². The van der Waals surface area contributed by atoms with E-state index < -0.39 is 0 Å². The summed E-state index contributed by atoms with van der Waals surface area (Å²) in [5.74, 6) is 0.448. The Balaban J connectivity index is 2.16. The van der Waals surface area contributed by atoms with E-state index in [9.17, 15) is 0 Å². The van der Waals surface area contributed by atoms with Gasteiger partial charge in [-0.1, -0.05) is 15.9 Å². The molecule has 1 aromatic rings. The molecule has 1 atom stereocenters. The summed E-state index contributed by atoms with van der Waals surface area (Å²) in [4.78, 5) is 2.35. The first-order valence-corrected chi connectivity index (χ1v) is 6.11. The topological polar surface area (TPSA) is 23.5 Å². The van der Waals surface area contributed by atoms with E-state index >= 15 is 0 Å². The maximum atomic E-state index is 9.10. The molecule has 1 fully saturated rings. The lowest BCUT2D eigenvalue weighted by Gasteiger charge is -2.19. The Kier molecular flexibility index (Phi) is 3.32. The Labute approximate surface area is 99.0 Å². The minimum atomic E-state index is 0.309. The van der Waals surface area contributed by atoms with E-state index in [1.54, 1.807) is 0 Å². The van der Waals surface area contributed by atoms with Crippen molar-refractivity contribution in [2.45, 2.75) is 13.3 Å². The largest absolute Gasteiger partial charge is 0.396 e. The number of anilines is 1. The van der Waals surface area contributed by atoms with Crippen LogP contribution in [0.3, 0.4) is 0 Å². The van der Waals surface area contributed by atoms with Crippen LogP contribution < -0.4 is 4.90 Å². The summed E-state index contributed by atoms with van der Waals surface area (Å²) in [7, 11) is 0. The summed E-state index contributed by atoms with van der Waals surface area (Å²) in [6.07, 6.45) is 1.10. The van der Waals surface area contributed by atoms with Crippen LogP contribution in [0.2, 0.25) is 0 Å². The van der Waals surface area contributed by atoms with Gasteiger partial charge in [-0.25, -0.2) is 0 Å². The molecule has 1 unspecified atom stereocenters. The van der Waals surface area contributed by atoms with Gasteiger partial charge in [-0.05, 0) is 37.1 Å². The zero-order valence-electron chi connectivity index (χ0n) is 8.91. The second-order valence-electron chi connectivity index (χ2n) is 4.27. The van der Waals surface area contributed by atoms with Crippen LogP contribution in [0.15, 0.2) is 22.7 Å². The average Bonchev–Trinajstić information content (AvgIpc) is 2.64. The van der Waals surface area contributed by atoms with Crippen molar-refractivity contribution < 1.29 is 5.11 Å². The van der Waals surface area contributed by atoms with Gasteiger partial charge in [0.1, 0.15) is 0 Å². The molecule has 2 rings (SSSR count). The molecule has 0 aliphatic carbocycles. The maximum absolute atomic E-state index is 9.10. The normalized spacial score (nSPS) is 21.0. The molecule has 0 radical (unpaired) electrons. The van der Waals surface area contributed by atoms with Gasteiger partial charge >= 0.3 is 0 Å². The Morgan fingerprint density at radius 2 is 2.27 bits per heavy atom. The molecule has 0 bridgehead atoms. The Morgan fingerprint density at radius 3 is 2.87 bits per heavy atom. The van der Waals surface area contributed by atoms with Gasteiger partial charge in [0.25, 0.3) is 0 Å². The molecular formula is C12H16BrNO. The van der Waals surface area contributed by atoms with Crippen LogP contribution in [0.25, 0.3) is 0 Å². The Morgan fingerprint density at radius 1 is 1.47 bits per heavy atom. The summed E-state index contributed by atoms with van der Waals surface area (Å²) in [5.41, 5.74) is 2.53. The second kappa shape index (κ2) is 4.54. The fourth-order valence-electron chi connectivity index (χ4n) is 2.12. The van der Waals surface area contributed by atoms with Crippen LogP contribution >= 0.6 is 15.9 Å². The first-order chi connectivity index (χ1) is 7.19. The highest BCUT2D eigenvalue weighted by Gasteiger charge is 2.21. The van der Waals surface area contributed by atoms with Crippen LogP contribution in [0.5, 0.6) is 0 Å². The zero-order valence-corrected chi connectivity index (χ0v) is 10.5. The average molecular weight is 270 g/mol. The van der Waals surface area contributed by atoms with Crippen LogP contribution in [0, 0.1) is 12.8 Å². The molecule has 1 aliphatic rings. The van der Waals surface area contributed by atoms with E-state index in [4.69, 9.17) is 5.11 Å². The molecule has 0 aromatic heterocycles. The van der Waals surface area contributed by atoms with Gasteiger partial charge in [-0.15, -0.1) is 0 Å². The summed E-state index contributed by atoms with van der Waals surface area (Å²) in [6, 6.07) is 6.46. The molecule has 1 N–H and O–H groups in total. The SMILES string of the molecule is Cc1cc(Br)cc(N2CCC(CO)C2)c1. The standard InChI is InChI=1S/C12H16BrNO/c1-9-4-11(13)6-12(5-9)14-3-2-10(7-14)8-15/h4-6,10,15H,2-3,7-8H2,1H3. The van der Waals surface area contributed by atoms with Crippen molar-refractivity contribution in [3.63, 3.8) is 0 Å². The van der Waals surface area contributed by atoms with Crippen molar-refractivity contribution in [1.29, 1.82) is 0 Å². The predicted molar refractivity (Wildman–Crippen MR) is 66.3 cm³/mol. The van der Waals surface area contributed by atoms with Crippen molar-refractivity contribution >= 4 is 21.6 Å². The van der Waals surface area contributed by atoms with Crippen LogP contribution in [0.1, 0.15) is 12.0 Å². The summed E-state index contributed by atoms with van der Waals surface area (Å²) in [5, 5.41) is 9.10. The predicted octanol–water partition coefficient (Wildman–Crippen LogP) is 2.58. The lowest BCUT2D eigenvalue weighted by molar-refractivity contribution is 0.238. The fourth-order valence-corrected chi connectivity index (χ4v) is 2.71. The number of nitrogens with zero attached hydrogens (tertiary/aromatic N) is 1. The lowest BCUT2D eigenvalue weighted by Crippen LogP contribution is -2.20. The highest BCUT2D eigenvalue weighted by Crippen LogP contribution is 2.27. The summed E-state index contributed by atoms with van der Waals surface area (Å²) < 4.78 is 1.13. The smallest absolute Gasteiger partial charge is 0.0476 e. The maximum Gasteiger partial charge on any atom is 0.0476 e. The molecule has 1 heterocycles. The highest BCUT2D eigenvalue weighted by atomic mass is 79.9. The summed E-state index contributed by atoms with van der Waals surface area (Å²) >= 11 is 3.52. The Bertz CT molecular complexity index is 333. The second-order valence-corrected chi connectivity index (χ2v) is 5.19. The number of hydrogen-bond acceptors (Lipinski definition) is 2. The van der Waals surface area contributed by atoms with Crippen molar-refractivity contribution in [2.24, 2.45) is 5.92 Å². The first-order valence-electron chi connectivity index (χ1n) is 5.32. The quantitative estimate of drug-likeness (QED) is 0.892. The van der Waals surface area contributed by atoms with Gasteiger partial charge in [-0.2, -0.15) is 0 Å². The molecule has 0 saturated carbocycles. The minimum Gasteiger partial charge on any atom is -0.396 e. The van der Waals surface area contributed by atoms with E-state index in [1.807, 2.05) is 0 Å². The van der Waals surface area contributed by atoms with Gasteiger partial charge in [0.2, 0.25) is 0 Å². The summed E-state index contributed by atoms with van der Waals surface area (Å²) in [6.45, 7) is 4.45. The molecule has 82 valence electrons. The van der Waals surface area contributed by atoms with Gasteiger partial charge in [0, 0.05) is 35.8 Å². The number of hydrogen-bond donors (Lipinski definition) is 1. The van der Waals surface area contributed by atoms with Crippen LogP contribution in [-0.2, 0) is 0 Å². The number of halogens is 1. The highest BCUT2D eigenvalue weighted by molar-refractivity contribution is 9.10. The van der Waals surface area contributed by atoms with Crippen molar-refractivity contribution in [3.05, 3.63) is 28.2 Å². The van der Waals surface area contributed by atoms with E-state index in [1.165, 1.54) is 11.3 Å². The minimum absolute atomic E-state index is 0.309. The van der Waals surface area contributed by atoms with Crippen molar-refractivity contribution in [3.8, 4) is 0 Å². The zero-order chi connectivity index (χ0) is 10.8. The molecule has 0 spiro atoms. The number of aliphatic hydroxyl groups is 1. The molecule has 15 heavy (non-hydrogen) atoms. The monoisotopic (exact) mass is 269 g/mol. The molecule has 3 heteroatoms. The number of rotatable bonds is 2. The number of benzene rings is 1. The van der Waals surface area contributed by atoms with Crippen molar-refractivity contribution in [2.75, 3.05) is 24.6 Å². The Hall–Kier alpha value is -0.540. The van der Waals surface area contributed by atoms with Gasteiger partial charge in [-0.3, -0.25) is 0 Å². The third-order valence-corrected chi connectivity index (χ3v) is 3.39. The first kappa shape index (κ1) is 11.0. The number of aryl methyl sites for hydroxylation is 1. The van der Waals surface area contributed by atoms with E-state index in [0.717, 1.165) is 24.0 Å². The third kappa shape index (κ3) is 2.52. The van der Waals surface area contributed by atoms with Crippen LogP contribution in [-0.4, -0.2) is 24.8 Å².